The highest BCUT2D eigenvalue weighted by Gasteiger charge is 2.55. The second kappa shape index (κ2) is 14.7. The maximum Gasteiger partial charge on any atom is 0.410 e. The number of carbonyl (C=O) groups is 4. The van der Waals surface area contributed by atoms with E-state index in [4.69, 9.17) is 14.2 Å². The van der Waals surface area contributed by atoms with Crippen molar-refractivity contribution >= 4 is 39.8 Å². The van der Waals surface area contributed by atoms with Crippen LogP contribution in [0.5, 0.6) is 0 Å². The number of halogens is 1. The van der Waals surface area contributed by atoms with Gasteiger partial charge in [-0.05, 0) is 43.1 Å². The molecule has 3 fully saturated rings. The molecule has 7 N–H and O–H groups in total. The molecular formula is C29H45BrN6O11. The number of aromatic amines is 1. The molecule has 17 nitrogen and oxygen atoms in total. The zero-order chi connectivity index (χ0) is 34.7. The molecular weight excluding hydrogens is 688 g/mol. The van der Waals surface area contributed by atoms with Crippen molar-refractivity contribution in [3.63, 3.8) is 0 Å². The lowest BCUT2D eigenvalue weighted by atomic mass is 9.81. The zero-order valence-electron chi connectivity index (χ0n) is 26.9. The number of carboxylic acids is 1. The monoisotopic (exact) mass is 732 g/mol. The van der Waals surface area contributed by atoms with Crippen LogP contribution in [0.3, 0.4) is 0 Å². The number of hydrogen-bond acceptors (Lipinski definition) is 12. The molecule has 0 radical (unpaired) electrons. The molecule has 3 aliphatic heterocycles. The van der Waals surface area contributed by atoms with Gasteiger partial charge in [-0.25, -0.2) is 9.59 Å². The second-order valence-electron chi connectivity index (χ2n) is 13.4. The van der Waals surface area contributed by atoms with Crippen LogP contribution in [0, 0.1) is 0 Å². The lowest BCUT2D eigenvalue weighted by Gasteiger charge is -2.49. The van der Waals surface area contributed by atoms with Crippen LogP contribution in [0.2, 0.25) is 0 Å². The Balaban J connectivity index is 1.50. The molecule has 0 bridgehead atoms. The molecule has 1 aromatic rings. The number of H-pyrrole nitrogens is 1. The molecule has 3 amide bonds. The number of aliphatic hydroxyl groups is 3. The Morgan fingerprint density at radius 3 is 2.60 bits per heavy atom. The lowest BCUT2D eigenvalue weighted by molar-refractivity contribution is -0.231. The molecule has 0 aliphatic carbocycles. The summed E-state index contributed by atoms with van der Waals surface area (Å²) in [5, 5.41) is 55.0. The number of carboxylic acid groups (broad SMARTS) is 1. The van der Waals surface area contributed by atoms with Crippen LogP contribution in [-0.4, -0.2) is 157 Å². The number of nitrogens with zero attached hydrogens (tertiary/aromatic N) is 3. The van der Waals surface area contributed by atoms with E-state index in [0.29, 0.717) is 43.9 Å². The molecule has 0 saturated carbocycles. The van der Waals surface area contributed by atoms with Crippen LogP contribution >= 0.6 is 15.9 Å². The number of aromatic nitrogens is 2. The second-order valence-corrected chi connectivity index (χ2v) is 14.3. The van der Waals surface area contributed by atoms with Crippen LogP contribution in [0.1, 0.15) is 57.4 Å². The molecule has 18 heteroatoms. The Bertz CT molecular complexity index is 1310. The number of carbonyl (C=O) groups excluding carboxylic acids is 3. The SMILES string of the molecule is CC(=O)N[C@H]1[C@H]([C@H](O)[C@H](O)CNC(=O)c2cc(Br)[nH]n2)O[C@@](CCN2CCOC[C@@]23CCN(C(=O)OC(C)(C)C)C3)(C(=O)O)C[C@@H]1O. The van der Waals surface area contributed by atoms with Gasteiger partial charge < -0.3 is 50.2 Å². The number of aliphatic carboxylic acids is 1. The van der Waals surface area contributed by atoms with Gasteiger partial charge in [0.15, 0.2) is 11.3 Å². The number of morpholine rings is 1. The third-order valence-corrected chi connectivity index (χ3v) is 9.13. The Hall–Kier alpha value is -2.87. The van der Waals surface area contributed by atoms with Crippen molar-refractivity contribution in [1.82, 2.24) is 30.6 Å². The fraction of sp³-hybridized carbons (Fsp3) is 0.759. The van der Waals surface area contributed by atoms with Crippen molar-refractivity contribution in [2.75, 3.05) is 45.9 Å². The van der Waals surface area contributed by atoms with Crippen LogP contribution in [0.25, 0.3) is 0 Å². The van der Waals surface area contributed by atoms with Crippen molar-refractivity contribution in [2.24, 2.45) is 0 Å². The molecule has 3 aliphatic rings. The molecule has 0 unspecified atom stereocenters. The largest absolute Gasteiger partial charge is 0.479 e. The Kier molecular flexibility index (Phi) is 11.6. The highest BCUT2D eigenvalue weighted by molar-refractivity contribution is 9.10. The van der Waals surface area contributed by atoms with Crippen LogP contribution in [-0.2, 0) is 23.8 Å². The Labute approximate surface area is 280 Å². The number of ether oxygens (including phenoxy) is 3. The third-order valence-electron chi connectivity index (χ3n) is 8.73. The lowest BCUT2D eigenvalue weighted by Crippen LogP contribution is -2.68. The van der Waals surface area contributed by atoms with E-state index in [2.05, 4.69) is 41.7 Å². The van der Waals surface area contributed by atoms with Crippen LogP contribution in [0.15, 0.2) is 10.7 Å². The quantitative estimate of drug-likeness (QED) is 0.156. The molecule has 264 valence electrons. The van der Waals surface area contributed by atoms with Gasteiger partial charge in [-0.2, -0.15) is 5.10 Å². The van der Waals surface area contributed by atoms with Gasteiger partial charge in [-0.1, -0.05) is 0 Å². The number of nitrogens with one attached hydrogen (secondary N) is 3. The first-order chi connectivity index (χ1) is 21.9. The average Bonchev–Trinajstić information content (AvgIpc) is 3.62. The maximum absolute atomic E-state index is 12.9. The number of rotatable bonds is 10. The van der Waals surface area contributed by atoms with Gasteiger partial charge in [0.25, 0.3) is 5.91 Å². The van der Waals surface area contributed by atoms with E-state index in [1.54, 1.807) is 25.7 Å². The van der Waals surface area contributed by atoms with E-state index in [1.807, 2.05) is 0 Å². The fourth-order valence-corrected chi connectivity index (χ4v) is 6.66. The Morgan fingerprint density at radius 2 is 1.98 bits per heavy atom. The summed E-state index contributed by atoms with van der Waals surface area (Å²) >= 11 is 3.14. The molecule has 3 saturated heterocycles. The summed E-state index contributed by atoms with van der Waals surface area (Å²) < 4.78 is 17.9. The number of aliphatic hydroxyl groups excluding tert-OH is 3. The summed E-state index contributed by atoms with van der Waals surface area (Å²) in [4.78, 5) is 53.8. The Morgan fingerprint density at radius 1 is 1.26 bits per heavy atom. The highest BCUT2D eigenvalue weighted by Crippen LogP contribution is 2.38. The molecule has 0 aromatic carbocycles. The van der Waals surface area contributed by atoms with Crippen molar-refractivity contribution in [2.45, 2.75) is 94.2 Å². The number of likely N-dealkylation sites (tertiary alicyclic amines) is 1. The van der Waals surface area contributed by atoms with Gasteiger partial charge in [0.1, 0.15) is 22.4 Å². The standard InChI is InChI=1S/C29H45BrN6O11/c1-16(37)32-21-18(38)12-29(25(42)43,46-23(21)22(40)19(39)13-31-24(41)17-11-20(30)34-33-17)6-8-36-9-10-45-15-28(36)5-7-35(14-28)26(44)47-27(2,3)4/h11,18-19,21-23,38-40H,5-10,12-15H2,1-4H3,(H,31,41)(H,32,37)(H,33,34)(H,42,43)/t18-,19+,21+,22+,23+,28-,29+/m0/s1. The fourth-order valence-electron chi connectivity index (χ4n) is 6.35. The van der Waals surface area contributed by atoms with E-state index in [9.17, 15) is 39.6 Å². The highest BCUT2D eigenvalue weighted by atomic mass is 79.9. The van der Waals surface area contributed by atoms with Gasteiger partial charge >= 0.3 is 12.1 Å². The minimum absolute atomic E-state index is 0.0151. The summed E-state index contributed by atoms with van der Waals surface area (Å²) in [7, 11) is 0. The summed E-state index contributed by atoms with van der Waals surface area (Å²) in [6.45, 7) is 8.13. The third kappa shape index (κ3) is 8.79. The topological polar surface area (TPSA) is 236 Å². The first-order valence-corrected chi connectivity index (χ1v) is 16.3. The summed E-state index contributed by atoms with van der Waals surface area (Å²) in [6, 6.07) is 0.140. The molecule has 1 aromatic heterocycles. The number of hydrogen-bond donors (Lipinski definition) is 7. The van der Waals surface area contributed by atoms with E-state index < -0.39 is 84.0 Å². The van der Waals surface area contributed by atoms with Crippen molar-refractivity contribution in [1.29, 1.82) is 0 Å². The zero-order valence-corrected chi connectivity index (χ0v) is 28.5. The van der Waals surface area contributed by atoms with Gasteiger partial charge in [-0.15, -0.1) is 0 Å². The van der Waals surface area contributed by atoms with Crippen molar-refractivity contribution in [3.05, 3.63) is 16.4 Å². The number of amides is 3. The summed E-state index contributed by atoms with van der Waals surface area (Å²) in [5.74, 6) is -2.63. The molecule has 1 spiro atoms. The van der Waals surface area contributed by atoms with Crippen molar-refractivity contribution in [3.8, 4) is 0 Å². The van der Waals surface area contributed by atoms with Crippen LogP contribution < -0.4 is 10.6 Å². The molecule has 4 rings (SSSR count). The van der Waals surface area contributed by atoms with Crippen molar-refractivity contribution < 1.29 is 53.8 Å². The normalized spacial score (nSPS) is 29.7. The van der Waals surface area contributed by atoms with E-state index in [1.165, 1.54) is 13.0 Å². The first-order valence-electron chi connectivity index (χ1n) is 15.5. The minimum atomic E-state index is -2.02. The van der Waals surface area contributed by atoms with Gasteiger partial charge in [0.2, 0.25) is 5.91 Å². The van der Waals surface area contributed by atoms with Gasteiger partial charge in [0.05, 0.1) is 37.0 Å². The summed E-state index contributed by atoms with van der Waals surface area (Å²) in [5.41, 5.74) is -3.28. The smallest absolute Gasteiger partial charge is 0.410 e. The van der Waals surface area contributed by atoms with E-state index in [-0.39, 0.29) is 18.7 Å². The van der Waals surface area contributed by atoms with Gasteiger partial charge in [0, 0.05) is 58.6 Å². The minimum Gasteiger partial charge on any atom is -0.479 e. The maximum atomic E-state index is 12.9. The molecule has 7 atom stereocenters. The van der Waals surface area contributed by atoms with Crippen LogP contribution in [0.4, 0.5) is 4.79 Å². The predicted octanol–water partition coefficient (Wildman–Crippen LogP) is -0.796. The average molecular weight is 734 g/mol. The molecule has 4 heterocycles. The summed E-state index contributed by atoms with van der Waals surface area (Å²) in [6.07, 6.45) is -7.00. The van der Waals surface area contributed by atoms with E-state index in [0.717, 1.165) is 0 Å². The molecule has 47 heavy (non-hydrogen) atoms. The van der Waals surface area contributed by atoms with E-state index >= 15 is 0 Å². The van der Waals surface area contributed by atoms with Gasteiger partial charge in [-0.3, -0.25) is 19.6 Å². The predicted molar refractivity (Wildman–Crippen MR) is 166 cm³/mol. The first kappa shape index (κ1) is 37.0.